The molecule has 0 aliphatic heterocycles. The molecule has 1 aromatic heterocycles. The van der Waals surface area contributed by atoms with E-state index in [2.05, 4.69) is 22.0 Å². The Morgan fingerprint density at radius 2 is 1.70 bits per heavy atom. The van der Waals surface area contributed by atoms with E-state index < -0.39 is 0 Å². The Bertz CT molecular complexity index is 456. The summed E-state index contributed by atoms with van der Waals surface area (Å²) in [5, 5.41) is 8.38. The van der Waals surface area contributed by atoms with Crippen LogP contribution in [0.25, 0.3) is 0 Å². The van der Waals surface area contributed by atoms with Crippen LogP contribution in [-0.4, -0.2) is 22.8 Å². The van der Waals surface area contributed by atoms with Crippen molar-refractivity contribution in [3.05, 3.63) is 12.1 Å². The molecule has 4 aliphatic rings. The molecule has 0 spiro atoms. The second kappa shape index (κ2) is 4.61. The first-order valence-electron chi connectivity index (χ1n) is 8.10. The second-order valence-corrected chi connectivity index (χ2v) is 7.02. The second-order valence-electron chi connectivity index (χ2n) is 7.02. The maximum absolute atomic E-state index is 5.67. The molecule has 4 fully saturated rings. The average molecular weight is 272 g/mol. The lowest BCUT2D eigenvalue weighted by Gasteiger charge is -2.57. The number of rotatable bonds is 3. The van der Waals surface area contributed by atoms with Gasteiger partial charge in [0.15, 0.2) is 5.82 Å². The Balaban J connectivity index is 1.63. The molecule has 0 saturated heterocycles. The first-order chi connectivity index (χ1) is 9.74. The smallest absolute Gasteiger partial charge is 0.151 e. The molecule has 0 atom stereocenters. The van der Waals surface area contributed by atoms with Gasteiger partial charge in [0.05, 0.1) is 0 Å². The molecule has 0 amide bonds. The van der Waals surface area contributed by atoms with Crippen molar-refractivity contribution in [2.75, 3.05) is 17.2 Å². The zero-order valence-corrected chi connectivity index (χ0v) is 12.2. The Labute approximate surface area is 120 Å². The van der Waals surface area contributed by atoms with Crippen LogP contribution >= 0.6 is 0 Å². The molecule has 4 aliphatic carbocycles. The first-order valence-corrected chi connectivity index (χ1v) is 8.10. The van der Waals surface area contributed by atoms with Gasteiger partial charge in [-0.1, -0.05) is 0 Å². The summed E-state index contributed by atoms with van der Waals surface area (Å²) >= 11 is 0. The minimum absolute atomic E-state index is 0.509. The molecule has 108 valence electrons. The highest BCUT2D eigenvalue weighted by molar-refractivity contribution is 5.43. The molecular formula is C16H24N4. The zero-order valence-electron chi connectivity index (χ0n) is 12.2. The van der Waals surface area contributed by atoms with E-state index in [-0.39, 0.29) is 0 Å². The molecule has 0 radical (unpaired) electrons. The Kier molecular flexibility index (Phi) is 2.86. The molecule has 4 saturated carbocycles. The number of aromatic nitrogens is 2. The van der Waals surface area contributed by atoms with Gasteiger partial charge >= 0.3 is 0 Å². The van der Waals surface area contributed by atoms with Crippen LogP contribution in [-0.2, 0) is 0 Å². The summed E-state index contributed by atoms with van der Waals surface area (Å²) in [5.41, 5.74) is 5.67. The van der Waals surface area contributed by atoms with Crippen molar-refractivity contribution in [2.45, 2.75) is 45.1 Å². The predicted molar refractivity (Wildman–Crippen MR) is 80.3 cm³/mol. The van der Waals surface area contributed by atoms with Gasteiger partial charge in [-0.2, -0.15) is 0 Å². The fourth-order valence-electron chi connectivity index (χ4n) is 5.42. The maximum atomic E-state index is 5.67. The van der Waals surface area contributed by atoms with Crippen LogP contribution in [0, 0.1) is 23.7 Å². The lowest BCUT2D eigenvalue weighted by atomic mass is 9.54. The zero-order chi connectivity index (χ0) is 13.7. The average Bonchev–Trinajstić information content (AvgIpc) is 2.43. The predicted octanol–water partition coefficient (Wildman–Crippen LogP) is 2.71. The Morgan fingerprint density at radius 1 is 1.05 bits per heavy atom. The summed E-state index contributed by atoms with van der Waals surface area (Å²) in [6, 6.07) is 4.60. The molecule has 1 aromatic rings. The molecule has 4 bridgehead atoms. The molecule has 20 heavy (non-hydrogen) atoms. The standard InChI is InChI=1S/C16H24N4/c1-2-20(15-4-3-14(17)18-19-15)16-12-6-10-5-11(8-12)9-13(16)7-10/h3-4,10-13,16H,2,5-9H2,1H3,(H2,17,18). The van der Waals surface area contributed by atoms with E-state index in [0.29, 0.717) is 11.9 Å². The Hall–Kier alpha value is -1.32. The van der Waals surface area contributed by atoms with E-state index in [1.54, 1.807) is 0 Å². The van der Waals surface area contributed by atoms with Crippen LogP contribution in [0.5, 0.6) is 0 Å². The van der Waals surface area contributed by atoms with Gasteiger partial charge < -0.3 is 10.6 Å². The van der Waals surface area contributed by atoms with Crippen LogP contribution in [0.4, 0.5) is 11.6 Å². The molecule has 2 N–H and O–H groups in total. The molecule has 0 unspecified atom stereocenters. The number of anilines is 2. The quantitative estimate of drug-likeness (QED) is 0.919. The monoisotopic (exact) mass is 272 g/mol. The van der Waals surface area contributed by atoms with Gasteiger partial charge in [0.1, 0.15) is 5.82 Å². The maximum Gasteiger partial charge on any atom is 0.151 e. The molecule has 4 heteroatoms. The third-order valence-corrected chi connectivity index (χ3v) is 5.84. The highest BCUT2D eigenvalue weighted by Crippen LogP contribution is 2.55. The number of nitrogens with two attached hydrogens (primary N) is 1. The highest BCUT2D eigenvalue weighted by Gasteiger charge is 2.50. The number of nitrogens with zero attached hydrogens (tertiary/aromatic N) is 3. The highest BCUT2D eigenvalue weighted by atomic mass is 15.3. The van der Waals surface area contributed by atoms with Crippen LogP contribution in [0.2, 0.25) is 0 Å². The normalized spacial score (nSPS) is 38.1. The number of hydrogen-bond donors (Lipinski definition) is 1. The summed E-state index contributed by atoms with van der Waals surface area (Å²) in [7, 11) is 0. The van der Waals surface area contributed by atoms with Gasteiger partial charge in [0.2, 0.25) is 0 Å². The van der Waals surface area contributed by atoms with Gasteiger partial charge in [-0.3, -0.25) is 0 Å². The van der Waals surface area contributed by atoms with E-state index in [1.165, 1.54) is 32.1 Å². The Morgan fingerprint density at radius 3 is 2.20 bits per heavy atom. The van der Waals surface area contributed by atoms with Crippen LogP contribution in [0.3, 0.4) is 0 Å². The van der Waals surface area contributed by atoms with Gasteiger partial charge in [-0.15, -0.1) is 10.2 Å². The van der Waals surface area contributed by atoms with Crippen molar-refractivity contribution >= 4 is 11.6 Å². The van der Waals surface area contributed by atoms with E-state index in [9.17, 15) is 0 Å². The van der Waals surface area contributed by atoms with Gasteiger partial charge in [0, 0.05) is 12.6 Å². The summed E-state index contributed by atoms with van der Waals surface area (Å²) in [5.74, 6) is 5.32. The number of nitrogen functional groups attached to an aromatic ring is 1. The van der Waals surface area contributed by atoms with E-state index >= 15 is 0 Å². The van der Waals surface area contributed by atoms with Gasteiger partial charge in [-0.05, 0) is 74.8 Å². The van der Waals surface area contributed by atoms with Crippen molar-refractivity contribution in [1.29, 1.82) is 0 Å². The van der Waals surface area contributed by atoms with Crippen molar-refractivity contribution in [3.63, 3.8) is 0 Å². The fourth-order valence-corrected chi connectivity index (χ4v) is 5.42. The molecule has 5 rings (SSSR count). The first kappa shape index (κ1) is 12.4. The molecule has 4 nitrogen and oxygen atoms in total. The third kappa shape index (κ3) is 1.88. The van der Waals surface area contributed by atoms with Crippen LogP contribution in [0.15, 0.2) is 12.1 Å². The van der Waals surface area contributed by atoms with E-state index in [1.807, 2.05) is 12.1 Å². The molecular weight excluding hydrogens is 248 g/mol. The summed E-state index contributed by atoms with van der Waals surface area (Å²) in [6.07, 6.45) is 7.27. The van der Waals surface area contributed by atoms with Crippen LogP contribution in [0.1, 0.15) is 39.0 Å². The molecule has 0 aromatic carbocycles. The fraction of sp³-hybridized carbons (Fsp3) is 0.750. The van der Waals surface area contributed by atoms with Gasteiger partial charge in [0.25, 0.3) is 0 Å². The number of hydrogen-bond acceptors (Lipinski definition) is 4. The largest absolute Gasteiger partial charge is 0.382 e. The SMILES string of the molecule is CCN(c1ccc(N)nn1)C1C2CC3CC(C2)CC1C3. The van der Waals surface area contributed by atoms with E-state index in [0.717, 1.165) is 36.0 Å². The topological polar surface area (TPSA) is 55.0 Å². The molecule has 1 heterocycles. The van der Waals surface area contributed by atoms with Crippen molar-refractivity contribution < 1.29 is 0 Å². The third-order valence-electron chi connectivity index (χ3n) is 5.84. The lowest BCUT2D eigenvalue weighted by molar-refractivity contribution is -0.00280. The van der Waals surface area contributed by atoms with Crippen LogP contribution < -0.4 is 10.6 Å². The summed E-state index contributed by atoms with van der Waals surface area (Å²) < 4.78 is 0. The summed E-state index contributed by atoms with van der Waals surface area (Å²) in [6.45, 7) is 3.26. The minimum atomic E-state index is 0.509. The lowest BCUT2D eigenvalue weighted by Crippen LogP contribution is -2.56. The minimum Gasteiger partial charge on any atom is -0.382 e. The van der Waals surface area contributed by atoms with Crippen molar-refractivity contribution in [3.8, 4) is 0 Å². The van der Waals surface area contributed by atoms with Gasteiger partial charge in [-0.25, -0.2) is 0 Å². The van der Waals surface area contributed by atoms with E-state index in [4.69, 9.17) is 5.73 Å². The summed E-state index contributed by atoms with van der Waals surface area (Å²) in [4.78, 5) is 2.50. The van der Waals surface area contributed by atoms with Crippen molar-refractivity contribution in [1.82, 2.24) is 10.2 Å². The van der Waals surface area contributed by atoms with Crippen molar-refractivity contribution in [2.24, 2.45) is 23.7 Å².